The van der Waals surface area contributed by atoms with Crippen molar-refractivity contribution in [3.63, 3.8) is 0 Å². The van der Waals surface area contributed by atoms with Crippen LogP contribution in [0.25, 0.3) is 0 Å². The highest BCUT2D eigenvalue weighted by Crippen LogP contribution is 2.17. The zero-order chi connectivity index (χ0) is 20.5. The maximum atomic E-state index is 12.5. The number of anilines is 1. The monoisotopic (exact) mass is 391 g/mol. The van der Waals surface area contributed by atoms with E-state index in [1.165, 1.54) is 0 Å². The first-order chi connectivity index (χ1) is 14.2. The lowest BCUT2D eigenvalue weighted by molar-refractivity contribution is 0.0779. The second kappa shape index (κ2) is 10.1. The van der Waals surface area contributed by atoms with Crippen LogP contribution in [0, 0.1) is 0 Å². The normalized spacial score (nSPS) is 10.3. The Morgan fingerprint density at radius 3 is 2.38 bits per heavy atom. The number of pyridine rings is 1. The van der Waals surface area contributed by atoms with Gasteiger partial charge in [0.15, 0.2) is 0 Å². The number of carbonyl (C=O) groups excluding carboxylic acids is 1. The second-order valence-corrected chi connectivity index (χ2v) is 6.53. The van der Waals surface area contributed by atoms with Gasteiger partial charge in [-0.2, -0.15) is 0 Å². The molecule has 0 radical (unpaired) electrons. The zero-order valence-corrected chi connectivity index (χ0v) is 16.7. The molecule has 0 atom stereocenters. The molecule has 6 heteroatoms. The maximum absolute atomic E-state index is 12.5. The van der Waals surface area contributed by atoms with Gasteiger partial charge in [-0.25, -0.2) is 4.98 Å². The Morgan fingerprint density at radius 2 is 1.72 bits per heavy atom. The number of ether oxygens (including phenoxy) is 2. The first-order valence-electron chi connectivity index (χ1n) is 9.42. The maximum Gasteiger partial charge on any atom is 0.272 e. The number of hydrogen-bond donors (Lipinski definition) is 1. The molecule has 3 rings (SSSR count). The lowest BCUT2D eigenvalue weighted by Crippen LogP contribution is -2.27. The molecule has 0 spiro atoms. The molecule has 0 bridgehead atoms. The van der Waals surface area contributed by atoms with E-state index in [2.05, 4.69) is 10.3 Å². The summed E-state index contributed by atoms with van der Waals surface area (Å²) in [6.07, 6.45) is 1.66. The van der Waals surface area contributed by atoms with E-state index >= 15 is 0 Å². The van der Waals surface area contributed by atoms with Crippen LogP contribution < -0.4 is 14.8 Å². The van der Waals surface area contributed by atoms with Crippen LogP contribution in [0.4, 0.5) is 5.69 Å². The molecule has 1 amide bonds. The fourth-order valence-corrected chi connectivity index (χ4v) is 2.79. The van der Waals surface area contributed by atoms with Crippen LogP contribution in [0.2, 0.25) is 0 Å². The number of rotatable bonds is 9. The molecule has 6 nitrogen and oxygen atoms in total. The SMILES string of the molecule is COc1ccc(OCCNc2ccc(C(=O)N(C)Cc3ccccc3)nc2)cc1. The van der Waals surface area contributed by atoms with Crippen LogP contribution in [0.3, 0.4) is 0 Å². The standard InChI is InChI=1S/C23H25N3O3/c1-26(17-18-6-4-3-5-7-18)23(27)22-13-8-19(16-25-22)24-14-15-29-21-11-9-20(28-2)10-12-21/h3-13,16,24H,14-15,17H2,1-2H3. The first kappa shape index (κ1) is 20.2. The molecule has 2 aromatic carbocycles. The van der Waals surface area contributed by atoms with E-state index in [4.69, 9.17) is 9.47 Å². The van der Waals surface area contributed by atoms with Crippen molar-refractivity contribution in [1.29, 1.82) is 0 Å². The number of nitrogens with one attached hydrogen (secondary N) is 1. The number of hydrogen-bond acceptors (Lipinski definition) is 5. The minimum Gasteiger partial charge on any atom is -0.497 e. The molecule has 29 heavy (non-hydrogen) atoms. The van der Waals surface area contributed by atoms with Gasteiger partial charge in [0.25, 0.3) is 5.91 Å². The van der Waals surface area contributed by atoms with Gasteiger partial charge in [0, 0.05) is 20.1 Å². The first-order valence-corrected chi connectivity index (χ1v) is 9.42. The van der Waals surface area contributed by atoms with E-state index in [1.54, 1.807) is 31.3 Å². The van der Waals surface area contributed by atoms with Gasteiger partial charge in [-0.15, -0.1) is 0 Å². The molecule has 1 heterocycles. The number of methoxy groups -OCH3 is 1. The molecule has 1 aromatic heterocycles. The molecule has 1 N–H and O–H groups in total. The Kier molecular flexibility index (Phi) is 7.05. The highest BCUT2D eigenvalue weighted by Gasteiger charge is 2.13. The predicted molar refractivity (Wildman–Crippen MR) is 113 cm³/mol. The lowest BCUT2D eigenvalue weighted by atomic mass is 10.2. The third-order valence-electron chi connectivity index (χ3n) is 4.35. The van der Waals surface area contributed by atoms with Gasteiger partial charge in [-0.1, -0.05) is 30.3 Å². The summed E-state index contributed by atoms with van der Waals surface area (Å²) >= 11 is 0. The van der Waals surface area contributed by atoms with Crippen LogP contribution in [0.15, 0.2) is 72.9 Å². The van der Waals surface area contributed by atoms with Gasteiger partial charge in [0.2, 0.25) is 0 Å². The van der Waals surface area contributed by atoms with Crippen LogP contribution in [-0.4, -0.2) is 43.1 Å². The smallest absolute Gasteiger partial charge is 0.272 e. The van der Waals surface area contributed by atoms with Gasteiger partial charge in [0.1, 0.15) is 23.8 Å². The molecule has 0 unspecified atom stereocenters. The van der Waals surface area contributed by atoms with Gasteiger partial charge >= 0.3 is 0 Å². The van der Waals surface area contributed by atoms with Crippen molar-refractivity contribution in [3.05, 3.63) is 84.2 Å². The van der Waals surface area contributed by atoms with E-state index in [0.717, 1.165) is 22.7 Å². The van der Waals surface area contributed by atoms with Gasteiger partial charge in [0.05, 0.1) is 19.0 Å². The molecule has 150 valence electrons. The fourth-order valence-electron chi connectivity index (χ4n) is 2.79. The molecule has 0 saturated carbocycles. The number of carbonyl (C=O) groups is 1. The van der Waals surface area contributed by atoms with Crippen LogP contribution in [0.5, 0.6) is 11.5 Å². The summed E-state index contributed by atoms with van der Waals surface area (Å²) in [5, 5.41) is 3.24. The average molecular weight is 391 g/mol. The topological polar surface area (TPSA) is 63.7 Å². The third-order valence-corrected chi connectivity index (χ3v) is 4.35. The number of benzene rings is 2. The molecule has 0 aliphatic heterocycles. The summed E-state index contributed by atoms with van der Waals surface area (Å²) in [4.78, 5) is 18.5. The summed E-state index contributed by atoms with van der Waals surface area (Å²) in [7, 11) is 3.41. The summed E-state index contributed by atoms with van der Waals surface area (Å²) in [6.45, 7) is 1.67. The molecule has 0 saturated heterocycles. The van der Waals surface area contributed by atoms with Gasteiger partial charge in [-0.05, 0) is 42.0 Å². The van der Waals surface area contributed by atoms with Crippen LogP contribution in [0.1, 0.15) is 16.1 Å². The molecule has 3 aromatic rings. The Balaban J connectivity index is 1.44. The minimum absolute atomic E-state index is 0.108. The fraction of sp³-hybridized carbons (Fsp3) is 0.217. The zero-order valence-electron chi connectivity index (χ0n) is 16.7. The Morgan fingerprint density at radius 1 is 1.00 bits per heavy atom. The molecule has 0 aliphatic rings. The van der Waals surface area contributed by atoms with Crippen molar-refractivity contribution in [2.45, 2.75) is 6.54 Å². The highest BCUT2D eigenvalue weighted by molar-refractivity contribution is 5.92. The summed E-state index contributed by atoms with van der Waals surface area (Å²) in [5.74, 6) is 1.47. The largest absolute Gasteiger partial charge is 0.497 e. The van der Waals surface area contributed by atoms with Crippen molar-refractivity contribution >= 4 is 11.6 Å². The van der Waals surface area contributed by atoms with Crippen molar-refractivity contribution in [3.8, 4) is 11.5 Å². The molecular weight excluding hydrogens is 366 g/mol. The van der Waals surface area contributed by atoms with E-state index < -0.39 is 0 Å². The molecule has 0 fully saturated rings. The molecular formula is C23H25N3O3. The minimum atomic E-state index is -0.108. The van der Waals surface area contributed by atoms with Crippen molar-refractivity contribution in [1.82, 2.24) is 9.88 Å². The van der Waals surface area contributed by atoms with Crippen LogP contribution >= 0.6 is 0 Å². The van der Waals surface area contributed by atoms with Crippen molar-refractivity contribution < 1.29 is 14.3 Å². The Labute approximate surface area is 171 Å². The summed E-state index contributed by atoms with van der Waals surface area (Å²) in [5.41, 5.74) is 2.34. The second-order valence-electron chi connectivity index (χ2n) is 6.53. The number of aromatic nitrogens is 1. The third kappa shape index (κ3) is 5.97. The van der Waals surface area contributed by atoms with E-state index in [9.17, 15) is 4.79 Å². The lowest BCUT2D eigenvalue weighted by Gasteiger charge is -2.17. The number of amides is 1. The summed E-state index contributed by atoms with van der Waals surface area (Å²) in [6, 6.07) is 20.9. The Bertz CT molecular complexity index is 897. The van der Waals surface area contributed by atoms with Gasteiger partial charge in [-0.3, -0.25) is 4.79 Å². The average Bonchev–Trinajstić information content (AvgIpc) is 2.77. The van der Waals surface area contributed by atoms with E-state index in [1.807, 2.05) is 60.7 Å². The van der Waals surface area contributed by atoms with Crippen molar-refractivity contribution in [2.75, 3.05) is 32.6 Å². The van der Waals surface area contributed by atoms with E-state index in [-0.39, 0.29) is 5.91 Å². The van der Waals surface area contributed by atoms with Crippen LogP contribution in [-0.2, 0) is 6.54 Å². The highest BCUT2D eigenvalue weighted by atomic mass is 16.5. The van der Waals surface area contributed by atoms with E-state index in [0.29, 0.717) is 25.4 Å². The van der Waals surface area contributed by atoms with Crippen molar-refractivity contribution in [2.24, 2.45) is 0 Å². The van der Waals surface area contributed by atoms with Gasteiger partial charge < -0.3 is 19.7 Å². The quantitative estimate of drug-likeness (QED) is 0.561. The molecule has 0 aliphatic carbocycles. The Hall–Kier alpha value is -3.54. The predicted octanol–water partition coefficient (Wildman–Crippen LogP) is 3.85. The number of nitrogens with zero attached hydrogens (tertiary/aromatic N) is 2. The summed E-state index contributed by atoms with van der Waals surface area (Å²) < 4.78 is 10.8.